The Morgan fingerprint density at radius 3 is 2.37 bits per heavy atom. The molecular weight excluding hydrogens is 264 g/mol. The Morgan fingerprint density at radius 1 is 1.26 bits per heavy atom. The van der Waals surface area contributed by atoms with Crippen molar-refractivity contribution in [1.29, 1.82) is 0 Å². The Hall–Kier alpha value is -1.79. The maximum absolute atomic E-state index is 11.8. The van der Waals surface area contributed by atoms with Crippen LogP contribution in [0.3, 0.4) is 0 Å². The molecule has 1 fully saturated rings. The number of aliphatic hydroxyl groups excluding tert-OH is 1. The van der Waals surface area contributed by atoms with E-state index in [1.54, 1.807) is 6.08 Å². The van der Waals surface area contributed by atoms with Crippen LogP contribution in [-0.4, -0.2) is 42.0 Å². The van der Waals surface area contributed by atoms with Crippen LogP contribution < -0.4 is 4.90 Å². The standard InChI is InChI=1S/C13H14N2O3S/c1-14(2)10-5-3-9(4-6-10)7-11-12(17)15(8-16)13(18)19-11/h3-7,16H,8H2,1-2H3. The Bertz CT molecular complexity index is 537. The topological polar surface area (TPSA) is 60.9 Å². The van der Waals surface area contributed by atoms with Gasteiger partial charge in [-0.05, 0) is 35.5 Å². The fourth-order valence-corrected chi connectivity index (χ4v) is 2.47. The summed E-state index contributed by atoms with van der Waals surface area (Å²) in [7, 11) is 3.89. The van der Waals surface area contributed by atoms with Crippen LogP contribution in [0.4, 0.5) is 10.5 Å². The van der Waals surface area contributed by atoms with Gasteiger partial charge in [0.2, 0.25) is 0 Å². The fraction of sp³-hybridized carbons (Fsp3) is 0.231. The SMILES string of the molecule is CN(C)c1ccc(C=C2SC(=O)N(CO)C2=O)cc1. The summed E-state index contributed by atoms with van der Waals surface area (Å²) in [6, 6.07) is 7.62. The molecule has 6 heteroatoms. The third-order valence-electron chi connectivity index (χ3n) is 2.72. The van der Waals surface area contributed by atoms with Crippen LogP contribution in [0, 0.1) is 0 Å². The highest BCUT2D eigenvalue weighted by atomic mass is 32.2. The maximum atomic E-state index is 11.8. The van der Waals surface area contributed by atoms with E-state index in [4.69, 9.17) is 5.11 Å². The van der Waals surface area contributed by atoms with Crippen LogP contribution in [-0.2, 0) is 4.79 Å². The van der Waals surface area contributed by atoms with Gasteiger partial charge >= 0.3 is 0 Å². The minimum absolute atomic E-state index is 0.330. The number of amides is 2. The number of carbonyl (C=O) groups excluding carboxylic acids is 2. The van der Waals surface area contributed by atoms with E-state index in [1.807, 2.05) is 43.3 Å². The molecule has 0 aromatic heterocycles. The molecule has 0 spiro atoms. The summed E-state index contributed by atoms with van der Waals surface area (Å²) in [5, 5.41) is 8.49. The van der Waals surface area contributed by atoms with Crippen LogP contribution in [0.15, 0.2) is 29.2 Å². The molecule has 1 aliphatic rings. The number of benzene rings is 1. The number of anilines is 1. The molecule has 0 aliphatic carbocycles. The molecule has 100 valence electrons. The van der Waals surface area contributed by atoms with Crippen LogP contribution in [0.5, 0.6) is 0 Å². The largest absolute Gasteiger partial charge is 0.378 e. The molecule has 1 heterocycles. The van der Waals surface area contributed by atoms with Gasteiger partial charge in [0.1, 0.15) is 6.73 Å². The van der Waals surface area contributed by atoms with Gasteiger partial charge in [-0.25, -0.2) is 4.90 Å². The number of rotatable bonds is 3. The molecule has 0 unspecified atom stereocenters. The van der Waals surface area contributed by atoms with E-state index in [0.717, 1.165) is 27.9 Å². The Kier molecular flexibility index (Phi) is 3.92. The number of hydrogen-bond donors (Lipinski definition) is 1. The van der Waals surface area contributed by atoms with Crippen molar-refractivity contribution >= 4 is 34.7 Å². The lowest BCUT2D eigenvalue weighted by molar-refractivity contribution is -0.125. The minimum atomic E-state index is -0.582. The third-order valence-corrected chi connectivity index (χ3v) is 3.63. The Balaban J connectivity index is 2.22. The average molecular weight is 278 g/mol. The highest BCUT2D eigenvalue weighted by Crippen LogP contribution is 2.31. The van der Waals surface area contributed by atoms with Crippen LogP contribution in [0.2, 0.25) is 0 Å². The highest BCUT2D eigenvalue weighted by Gasteiger charge is 2.34. The highest BCUT2D eigenvalue weighted by molar-refractivity contribution is 8.18. The zero-order valence-corrected chi connectivity index (χ0v) is 11.5. The summed E-state index contributed by atoms with van der Waals surface area (Å²) in [5.41, 5.74) is 1.90. The summed E-state index contributed by atoms with van der Waals surface area (Å²) >= 11 is 0.840. The first-order valence-corrected chi connectivity index (χ1v) is 6.48. The van der Waals surface area contributed by atoms with E-state index in [-0.39, 0.29) is 0 Å². The van der Waals surface area contributed by atoms with Gasteiger partial charge in [-0.1, -0.05) is 12.1 Å². The van der Waals surface area contributed by atoms with E-state index >= 15 is 0 Å². The first-order chi connectivity index (χ1) is 9.02. The molecular formula is C13H14N2O3S. The lowest BCUT2D eigenvalue weighted by atomic mass is 10.2. The summed E-state index contributed by atoms with van der Waals surface area (Å²) in [6.07, 6.45) is 1.65. The van der Waals surface area contributed by atoms with Gasteiger partial charge in [0, 0.05) is 19.8 Å². The number of imide groups is 1. The third kappa shape index (κ3) is 2.80. The fourth-order valence-electron chi connectivity index (χ4n) is 1.64. The van der Waals surface area contributed by atoms with Crippen molar-refractivity contribution in [2.24, 2.45) is 0 Å². The van der Waals surface area contributed by atoms with Crippen LogP contribution in [0.25, 0.3) is 6.08 Å². The molecule has 5 nitrogen and oxygen atoms in total. The second-order valence-electron chi connectivity index (χ2n) is 4.24. The number of nitrogens with zero attached hydrogens (tertiary/aromatic N) is 2. The first-order valence-electron chi connectivity index (χ1n) is 5.66. The zero-order valence-electron chi connectivity index (χ0n) is 10.7. The van der Waals surface area contributed by atoms with Gasteiger partial charge < -0.3 is 10.0 Å². The number of hydrogen-bond acceptors (Lipinski definition) is 5. The van der Waals surface area contributed by atoms with Gasteiger partial charge in [-0.15, -0.1) is 0 Å². The molecule has 0 saturated carbocycles. The van der Waals surface area contributed by atoms with Crippen molar-refractivity contribution in [3.63, 3.8) is 0 Å². The average Bonchev–Trinajstić information content (AvgIpc) is 2.64. The van der Waals surface area contributed by atoms with Crippen molar-refractivity contribution in [2.45, 2.75) is 0 Å². The van der Waals surface area contributed by atoms with Gasteiger partial charge in [0.15, 0.2) is 0 Å². The molecule has 19 heavy (non-hydrogen) atoms. The van der Waals surface area contributed by atoms with Crippen LogP contribution in [0.1, 0.15) is 5.56 Å². The van der Waals surface area contributed by atoms with E-state index in [2.05, 4.69) is 0 Å². The van der Waals surface area contributed by atoms with E-state index < -0.39 is 17.9 Å². The second kappa shape index (κ2) is 5.46. The maximum Gasteiger partial charge on any atom is 0.295 e. The predicted molar refractivity (Wildman–Crippen MR) is 75.7 cm³/mol. The molecule has 1 aromatic carbocycles. The second-order valence-corrected chi connectivity index (χ2v) is 5.23. The van der Waals surface area contributed by atoms with Gasteiger partial charge in [-0.2, -0.15) is 0 Å². The normalized spacial score (nSPS) is 17.4. The van der Waals surface area contributed by atoms with Gasteiger partial charge in [0.05, 0.1) is 4.91 Å². The smallest absolute Gasteiger partial charge is 0.295 e. The summed E-state index contributed by atoms with van der Waals surface area (Å²) in [4.78, 5) is 26.3. The zero-order chi connectivity index (χ0) is 14.0. The lowest BCUT2D eigenvalue weighted by Crippen LogP contribution is -2.28. The molecule has 2 rings (SSSR count). The molecule has 0 atom stereocenters. The monoisotopic (exact) mass is 278 g/mol. The molecule has 1 N–H and O–H groups in total. The Morgan fingerprint density at radius 2 is 1.89 bits per heavy atom. The van der Waals surface area contributed by atoms with Crippen LogP contribution >= 0.6 is 11.8 Å². The number of thioether (sulfide) groups is 1. The number of carbonyl (C=O) groups is 2. The van der Waals surface area contributed by atoms with E-state index in [9.17, 15) is 9.59 Å². The van der Waals surface area contributed by atoms with Crippen molar-refractivity contribution in [3.8, 4) is 0 Å². The molecule has 0 radical (unpaired) electrons. The lowest BCUT2D eigenvalue weighted by Gasteiger charge is -2.11. The molecule has 2 amide bonds. The minimum Gasteiger partial charge on any atom is -0.378 e. The van der Waals surface area contributed by atoms with Gasteiger partial charge in [-0.3, -0.25) is 9.59 Å². The summed E-state index contributed by atoms with van der Waals surface area (Å²) < 4.78 is 0. The molecule has 1 aliphatic heterocycles. The van der Waals surface area contributed by atoms with Crippen molar-refractivity contribution in [3.05, 3.63) is 34.7 Å². The Labute approximate surface area is 115 Å². The summed E-state index contributed by atoms with van der Waals surface area (Å²) in [6.45, 7) is -0.582. The van der Waals surface area contributed by atoms with E-state index in [0.29, 0.717) is 4.91 Å². The van der Waals surface area contributed by atoms with Crippen molar-refractivity contribution in [1.82, 2.24) is 4.90 Å². The first kappa shape index (κ1) is 13.6. The molecule has 1 saturated heterocycles. The van der Waals surface area contributed by atoms with Gasteiger partial charge in [0.25, 0.3) is 11.1 Å². The van der Waals surface area contributed by atoms with Crippen molar-refractivity contribution < 1.29 is 14.7 Å². The number of aliphatic hydroxyl groups is 1. The molecule has 0 bridgehead atoms. The van der Waals surface area contributed by atoms with E-state index in [1.165, 1.54) is 0 Å². The quantitative estimate of drug-likeness (QED) is 0.853. The predicted octanol–water partition coefficient (Wildman–Crippen LogP) is 1.74. The summed E-state index contributed by atoms with van der Waals surface area (Å²) in [5.74, 6) is -0.450. The van der Waals surface area contributed by atoms with Crippen molar-refractivity contribution in [2.75, 3.05) is 25.7 Å². The molecule has 1 aromatic rings.